The topological polar surface area (TPSA) is 66.8 Å². The zero-order valence-corrected chi connectivity index (χ0v) is 10.7. The van der Waals surface area contributed by atoms with E-state index in [2.05, 4.69) is 0 Å². The lowest BCUT2D eigenvalue weighted by atomic mass is 10.00. The number of aliphatic hydroxyl groups excluding tert-OH is 1. The van der Waals surface area contributed by atoms with Gasteiger partial charge in [-0.2, -0.15) is 0 Å². The molecule has 0 unspecified atom stereocenters. The van der Waals surface area contributed by atoms with E-state index in [9.17, 15) is 9.90 Å². The van der Waals surface area contributed by atoms with Crippen LogP contribution in [0.2, 0.25) is 0 Å². The number of carbonyl (C=O) groups is 1. The third kappa shape index (κ3) is 2.38. The maximum atomic E-state index is 10.8. The minimum atomic E-state index is -0.889. The van der Waals surface area contributed by atoms with Crippen LogP contribution in [0.1, 0.15) is 22.8 Å². The molecule has 1 aliphatic rings. The lowest BCUT2D eigenvalue weighted by molar-refractivity contribution is -0.136. The SMILES string of the molecule is O=C(O)Cc1ccc2c(c1)Oc1ccccc1C[C@@H]2O. The smallest absolute Gasteiger partial charge is 0.307 e. The molecular weight excluding hydrogens is 256 g/mol. The van der Waals surface area contributed by atoms with Gasteiger partial charge in [-0.15, -0.1) is 0 Å². The van der Waals surface area contributed by atoms with Gasteiger partial charge in [-0.05, 0) is 23.3 Å². The van der Waals surface area contributed by atoms with Gasteiger partial charge in [-0.25, -0.2) is 0 Å². The van der Waals surface area contributed by atoms with Gasteiger partial charge in [0.2, 0.25) is 0 Å². The van der Waals surface area contributed by atoms with Crippen molar-refractivity contribution in [1.29, 1.82) is 0 Å². The van der Waals surface area contributed by atoms with Gasteiger partial charge in [0.15, 0.2) is 0 Å². The van der Waals surface area contributed by atoms with E-state index in [1.54, 1.807) is 18.2 Å². The van der Waals surface area contributed by atoms with Crippen molar-refractivity contribution >= 4 is 5.97 Å². The highest BCUT2D eigenvalue weighted by molar-refractivity contribution is 5.70. The summed E-state index contributed by atoms with van der Waals surface area (Å²) in [5, 5.41) is 19.1. The Morgan fingerprint density at radius 3 is 2.80 bits per heavy atom. The third-order valence-corrected chi connectivity index (χ3v) is 3.40. The molecule has 20 heavy (non-hydrogen) atoms. The predicted molar refractivity (Wildman–Crippen MR) is 73.0 cm³/mol. The van der Waals surface area contributed by atoms with Gasteiger partial charge in [0, 0.05) is 12.0 Å². The Morgan fingerprint density at radius 1 is 1.20 bits per heavy atom. The largest absolute Gasteiger partial charge is 0.481 e. The summed E-state index contributed by atoms with van der Waals surface area (Å²) < 4.78 is 5.84. The van der Waals surface area contributed by atoms with Crippen LogP contribution in [-0.2, 0) is 17.6 Å². The Kier molecular flexibility index (Phi) is 3.16. The molecule has 0 radical (unpaired) electrons. The molecule has 102 valence electrons. The number of para-hydroxylation sites is 1. The summed E-state index contributed by atoms with van der Waals surface area (Å²) in [5.74, 6) is 0.346. The first-order valence-electron chi connectivity index (χ1n) is 6.42. The van der Waals surface area contributed by atoms with Crippen LogP contribution in [0.4, 0.5) is 0 Å². The van der Waals surface area contributed by atoms with Crippen molar-refractivity contribution in [2.24, 2.45) is 0 Å². The van der Waals surface area contributed by atoms with E-state index < -0.39 is 12.1 Å². The fraction of sp³-hybridized carbons (Fsp3) is 0.188. The number of ether oxygens (including phenoxy) is 1. The molecule has 0 fully saturated rings. The van der Waals surface area contributed by atoms with Crippen molar-refractivity contribution < 1.29 is 19.7 Å². The van der Waals surface area contributed by atoms with E-state index >= 15 is 0 Å². The number of aliphatic hydroxyl groups is 1. The number of fused-ring (bicyclic) bond motifs is 2. The van der Waals surface area contributed by atoms with E-state index in [4.69, 9.17) is 9.84 Å². The van der Waals surface area contributed by atoms with E-state index in [1.807, 2.05) is 24.3 Å². The number of hydrogen-bond acceptors (Lipinski definition) is 3. The van der Waals surface area contributed by atoms with Crippen LogP contribution in [0, 0.1) is 0 Å². The Morgan fingerprint density at radius 2 is 2.00 bits per heavy atom. The molecule has 0 saturated heterocycles. The lowest BCUT2D eigenvalue weighted by Gasteiger charge is -2.12. The average molecular weight is 270 g/mol. The fourth-order valence-corrected chi connectivity index (χ4v) is 2.44. The highest BCUT2D eigenvalue weighted by Gasteiger charge is 2.22. The van der Waals surface area contributed by atoms with Crippen LogP contribution in [0.3, 0.4) is 0 Å². The molecule has 1 aliphatic heterocycles. The number of carboxylic acid groups (broad SMARTS) is 1. The summed E-state index contributed by atoms with van der Waals surface area (Å²) >= 11 is 0. The van der Waals surface area contributed by atoms with Gasteiger partial charge in [0.05, 0.1) is 12.5 Å². The number of hydrogen-bond donors (Lipinski definition) is 2. The molecule has 4 nitrogen and oxygen atoms in total. The number of rotatable bonds is 2. The second-order valence-corrected chi connectivity index (χ2v) is 4.87. The molecule has 0 amide bonds. The average Bonchev–Trinajstić information content (AvgIpc) is 2.53. The summed E-state index contributed by atoms with van der Waals surface area (Å²) in [6.07, 6.45) is -0.219. The van der Waals surface area contributed by atoms with Crippen molar-refractivity contribution in [2.75, 3.05) is 0 Å². The molecule has 0 spiro atoms. The summed E-state index contributed by atoms with van der Waals surface area (Å²) in [5.41, 5.74) is 2.29. The zero-order chi connectivity index (χ0) is 14.1. The molecule has 2 N–H and O–H groups in total. The molecule has 0 bridgehead atoms. The van der Waals surface area contributed by atoms with Crippen LogP contribution in [0.15, 0.2) is 42.5 Å². The standard InChI is InChI=1S/C16H14O4/c17-13-9-11-3-1-2-4-14(11)20-15-7-10(8-16(18)19)5-6-12(13)15/h1-7,13,17H,8-9H2,(H,18,19)/t13-/m0/s1. The molecule has 1 atom stereocenters. The highest BCUT2D eigenvalue weighted by atomic mass is 16.5. The highest BCUT2D eigenvalue weighted by Crippen LogP contribution is 2.38. The van der Waals surface area contributed by atoms with E-state index in [1.165, 1.54) is 0 Å². The van der Waals surface area contributed by atoms with Crippen LogP contribution < -0.4 is 4.74 Å². The monoisotopic (exact) mass is 270 g/mol. The van der Waals surface area contributed by atoms with Gasteiger partial charge in [-0.3, -0.25) is 4.79 Å². The molecule has 0 saturated carbocycles. The summed E-state index contributed by atoms with van der Waals surface area (Å²) in [6.45, 7) is 0. The normalized spacial score (nSPS) is 16.6. The Labute approximate surface area is 116 Å². The molecule has 0 aromatic heterocycles. The Hall–Kier alpha value is -2.33. The molecule has 1 heterocycles. The Bertz CT molecular complexity index is 663. The van der Waals surface area contributed by atoms with Gasteiger partial charge in [0.25, 0.3) is 0 Å². The Balaban J connectivity index is 2.03. The minimum absolute atomic E-state index is 0.0611. The molecule has 4 heteroatoms. The van der Waals surface area contributed by atoms with Gasteiger partial charge in [0.1, 0.15) is 11.5 Å². The quantitative estimate of drug-likeness (QED) is 0.880. The van der Waals surface area contributed by atoms with Crippen molar-refractivity contribution in [3.63, 3.8) is 0 Å². The van der Waals surface area contributed by atoms with Crippen LogP contribution in [-0.4, -0.2) is 16.2 Å². The van der Waals surface area contributed by atoms with Crippen molar-refractivity contribution in [3.8, 4) is 11.5 Å². The fourth-order valence-electron chi connectivity index (χ4n) is 2.44. The maximum absolute atomic E-state index is 10.8. The van der Waals surface area contributed by atoms with E-state index in [-0.39, 0.29) is 6.42 Å². The molecule has 0 aliphatic carbocycles. The third-order valence-electron chi connectivity index (χ3n) is 3.40. The van der Waals surface area contributed by atoms with E-state index in [0.717, 1.165) is 5.56 Å². The second-order valence-electron chi connectivity index (χ2n) is 4.87. The van der Waals surface area contributed by atoms with Crippen LogP contribution in [0.5, 0.6) is 11.5 Å². The van der Waals surface area contributed by atoms with E-state index in [0.29, 0.717) is 29.0 Å². The molecule has 2 aromatic carbocycles. The van der Waals surface area contributed by atoms with Gasteiger partial charge >= 0.3 is 5.97 Å². The van der Waals surface area contributed by atoms with Crippen molar-refractivity contribution in [2.45, 2.75) is 18.9 Å². The van der Waals surface area contributed by atoms with Crippen molar-refractivity contribution in [1.82, 2.24) is 0 Å². The lowest BCUT2D eigenvalue weighted by Crippen LogP contribution is -2.03. The maximum Gasteiger partial charge on any atom is 0.307 e. The first-order chi connectivity index (χ1) is 9.63. The number of benzene rings is 2. The predicted octanol–water partition coefficient (Wildman–Crippen LogP) is 2.70. The van der Waals surface area contributed by atoms with Gasteiger partial charge in [-0.1, -0.05) is 30.3 Å². The molecule has 3 rings (SSSR count). The first kappa shape index (κ1) is 12.7. The van der Waals surface area contributed by atoms with Crippen molar-refractivity contribution in [3.05, 3.63) is 59.2 Å². The van der Waals surface area contributed by atoms with Crippen LogP contribution in [0.25, 0.3) is 0 Å². The minimum Gasteiger partial charge on any atom is -0.481 e. The van der Waals surface area contributed by atoms with Crippen LogP contribution >= 0.6 is 0 Å². The number of carboxylic acids is 1. The summed E-state index contributed by atoms with van der Waals surface area (Å²) in [6, 6.07) is 12.7. The summed E-state index contributed by atoms with van der Waals surface area (Å²) in [4.78, 5) is 10.8. The number of aliphatic carboxylic acids is 1. The first-order valence-corrected chi connectivity index (χ1v) is 6.42. The van der Waals surface area contributed by atoms with Gasteiger partial charge < -0.3 is 14.9 Å². The molecule has 2 aromatic rings. The zero-order valence-electron chi connectivity index (χ0n) is 10.7. The molecular formula is C16H14O4. The second kappa shape index (κ2) is 4.98. The summed E-state index contributed by atoms with van der Waals surface area (Å²) in [7, 11) is 0.